The van der Waals surface area contributed by atoms with Gasteiger partial charge in [-0.05, 0) is 50.2 Å². The third-order valence-electron chi connectivity index (χ3n) is 4.58. The number of esters is 1. The summed E-state index contributed by atoms with van der Waals surface area (Å²) in [5, 5.41) is 4.07. The zero-order chi connectivity index (χ0) is 16.9. The predicted molar refractivity (Wildman–Crippen MR) is 92.5 cm³/mol. The van der Waals surface area contributed by atoms with Crippen molar-refractivity contribution in [1.82, 2.24) is 10.3 Å². The van der Waals surface area contributed by atoms with Crippen molar-refractivity contribution in [3.63, 3.8) is 0 Å². The molecule has 0 spiro atoms. The minimum absolute atomic E-state index is 0.178. The molecule has 0 unspecified atom stereocenters. The van der Waals surface area contributed by atoms with Crippen LogP contribution >= 0.6 is 0 Å². The van der Waals surface area contributed by atoms with Gasteiger partial charge in [0.2, 0.25) is 0 Å². The van der Waals surface area contributed by atoms with Crippen molar-refractivity contribution in [2.24, 2.45) is 5.92 Å². The van der Waals surface area contributed by atoms with Crippen LogP contribution in [0.1, 0.15) is 38.2 Å². The van der Waals surface area contributed by atoms with Crippen molar-refractivity contribution in [3.8, 4) is 0 Å². The average Bonchev–Trinajstić information content (AvgIpc) is 3.35. The molecule has 5 nitrogen and oxygen atoms in total. The molecule has 1 heterocycles. The maximum absolute atomic E-state index is 11.8. The van der Waals surface area contributed by atoms with Gasteiger partial charge in [0.15, 0.2) is 6.61 Å². The summed E-state index contributed by atoms with van der Waals surface area (Å²) in [4.78, 5) is 26.7. The van der Waals surface area contributed by atoms with Gasteiger partial charge in [-0.25, -0.2) is 0 Å². The van der Waals surface area contributed by atoms with E-state index in [4.69, 9.17) is 4.74 Å². The fraction of sp³-hybridized carbons (Fsp3) is 0.474. The number of benzene rings is 1. The van der Waals surface area contributed by atoms with E-state index in [9.17, 15) is 9.59 Å². The summed E-state index contributed by atoms with van der Waals surface area (Å²) in [5.41, 5.74) is 2.31. The summed E-state index contributed by atoms with van der Waals surface area (Å²) >= 11 is 0. The Balaban J connectivity index is 1.35. The summed E-state index contributed by atoms with van der Waals surface area (Å²) in [6, 6.07) is 8.29. The molecule has 0 bridgehead atoms. The van der Waals surface area contributed by atoms with Gasteiger partial charge < -0.3 is 15.0 Å². The number of hydrogen-bond acceptors (Lipinski definition) is 3. The highest BCUT2D eigenvalue weighted by Gasteiger charge is 2.28. The van der Waals surface area contributed by atoms with E-state index in [1.807, 2.05) is 31.3 Å². The number of H-pyrrole nitrogens is 1. The molecule has 2 N–H and O–H groups in total. The van der Waals surface area contributed by atoms with Crippen LogP contribution in [0.2, 0.25) is 0 Å². The molecular weight excluding hydrogens is 304 g/mol. The molecule has 0 saturated heterocycles. The zero-order valence-corrected chi connectivity index (χ0v) is 14.0. The molecule has 1 saturated carbocycles. The normalized spacial score (nSPS) is 15.2. The Morgan fingerprint density at radius 3 is 2.92 bits per heavy atom. The number of para-hydroxylation sites is 1. The van der Waals surface area contributed by atoms with Gasteiger partial charge >= 0.3 is 5.97 Å². The molecule has 1 amide bonds. The van der Waals surface area contributed by atoms with Crippen molar-refractivity contribution in [2.75, 3.05) is 6.61 Å². The number of aromatic nitrogens is 1. The topological polar surface area (TPSA) is 71.2 Å². The number of hydrogen-bond donors (Lipinski definition) is 2. The largest absolute Gasteiger partial charge is 0.456 e. The molecule has 5 heteroatoms. The van der Waals surface area contributed by atoms with Crippen LogP contribution in [0.5, 0.6) is 0 Å². The molecule has 2 aromatic rings. The maximum atomic E-state index is 11.8. The molecule has 0 radical (unpaired) electrons. The van der Waals surface area contributed by atoms with Gasteiger partial charge in [0.1, 0.15) is 0 Å². The molecule has 0 aliphatic heterocycles. The average molecular weight is 328 g/mol. The van der Waals surface area contributed by atoms with Crippen LogP contribution in [-0.4, -0.2) is 29.5 Å². The Hall–Kier alpha value is -2.30. The Morgan fingerprint density at radius 2 is 2.12 bits per heavy atom. The number of fused-ring (bicyclic) bond motifs is 1. The fourth-order valence-corrected chi connectivity index (χ4v) is 2.99. The number of aryl methyl sites for hydroxylation is 1. The quantitative estimate of drug-likeness (QED) is 0.732. The number of aromatic amines is 1. The number of amides is 1. The highest BCUT2D eigenvalue weighted by molar-refractivity contribution is 5.83. The second-order valence-corrected chi connectivity index (χ2v) is 6.57. The second kappa shape index (κ2) is 7.51. The van der Waals surface area contributed by atoms with E-state index in [1.165, 1.54) is 23.8 Å². The molecule has 3 rings (SSSR count). The Kier molecular flexibility index (Phi) is 5.18. The molecule has 1 fully saturated rings. The Morgan fingerprint density at radius 1 is 1.33 bits per heavy atom. The first-order chi connectivity index (χ1) is 11.6. The lowest BCUT2D eigenvalue weighted by Crippen LogP contribution is -2.37. The summed E-state index contributed by atoms with van der Waals surface area (Å²) < 4.78 is 5.05. The van der Waals surface area contributed by atoms with E-state index in [0.29, 0.717) is 18.8 Å². The SMILES string of the molecule is C[C@H](NC(=O)COC(=O)CCCc1c[nH]c2ccccc12)C1CC1. The summed E-state index contributed by atoms with van der Waals surface area (Å²) in [7, 11) is 0. The van der Waals surface area contributed by atoms with Crippen molar-refractivity contribution in [3.05, 3.63) is 36.0 Å². The number of ether oxygens (including phenoxy) is 1. The first kappa shape index (κ1) is 16.6. The first-order valence-electron chi connectivity index (χ1n) is 8.63. The van der Waals surface area contributed by atoms with E-state index >= 15 is 0 Å². The summed E-state index contributed by atoms with van der Waals surface area (Å²) in [6.45, 7) is 1.82. The minimum atomic E-state index is -0.316. The van der Waals surface area contributed by atoms with Crippen LogP contribution in [0.25, 0.3) is 10.9 Å². The van der Waals surface area contributed by atoms with Crippen LogP contribution in [0.15, 0.2) is 30.5 Å². The number of carbonyl (C=O) groups is 2. The smallest absolute Gasteiger partial charge is 0.306 e. The summed E-state index contributed by atoms with van der Waals surface area (Å²) in [5.74, 6) is 0.0734. The van der Waals surface area contributed by atoms with Gasteiger partial charge in [-0.3, -0.25) is 9.59 Å². The van der Waals surface area contributed by atoms with Gasteiger partial charge in [0, 0.05) is 29.6 Å². The lowest BCUT2D eigenvalue weighted by atomic mass is 10.1. The van der Waals surface area contributed by atoms with Gasteiger partial charge in [-0.2, -0.15) is 0 Å². The van der Waals surface area contributed by atoms with E-state index < -0.39 is 0 Å². The monoisotopic (exact) mass is 328 g/mol. The van der Waals surface area contributed by atoms with E-state index in [0.717, 1.165) is 11.9 Å². The van der Waals surface area contributed by atoms with Crippen molar-refractivity contribution >= 4 is 22.8 Å². The molecule has 1 aliphatic rings. The summed E-state index contributed by atoms with van der Waals surface area (Å²) in [6.07, 6.45) is 6.18. The standard InChI is InChI=1S/C19H24N2O3/c1-13(14-9-10-14)21-18(22)12-24-19(23)8-4-5-15-11-20-17-7-3-2-6-16(15)17/h2-3,6-7,11,13-14,20H,4-5,8-10,12H2,1H3,(H,21,22)/t13-/m0/s1. The lowest BCUT2D eigenvalue weighted by molar-refractivity contribution is -0.148. The van der Waals surface area contributed by atoms with Crippen LogP contribution in [-0.2, 0) is 20.7 Å². The van der Waals surface area contributed by atoms with Gasteiger partial charge in [0.25, 0.3) is 5.91 Å². The molecule has 1 aliphatic carbocycles. The number of nitrogens with one attached hydrogen (secondary N) is 2. The molecular formula is C19H24N2O3. The van der Waals surface area contributed by atoms with Crippen LogP contribution in [0.3, 0.4) is 0 Å². The van der Waals surface area contributed by atoms with Crippen molar-refractivity contribution < 1.29 is 14.3 Å². The zero-order valence-electron chi connectivity index (χ0n) is 14.0. The number of rotatable bonds is 8. The van der Waals surface area contributed by atoms with Gasteiger partial charge in [-0.15, -0.1) is 0 Å². The molecule has 128 valence electrons. The third kappa shape index (κ3) is 4.37. The highest BCUT2D eigenvalue weighted by Crippen LogP contribution is 2.32. The van der Waals surface area contributed by atoms with E-state index in [2.05, 4.69) is 16.4 Å². The van der Waals surface area contributed by atoms with Crippen molar-refractivity contribution in [2.45, 2.75) is 45.1 Å². The van der Waals surface area contributed by atoms with Crippen LogP contribution in [0.4, 0.5) is 0 Å². The first-order valence-corrected chi connectivity index (χ1v) is 8.63. The van der Waals surface area contributed by atoms with Gasteiger partial charge in [-0.1, -0.05) is 18.2 Å². The molecule has 1 atom stereocenters. The van der Waals surface area contributed by atoms with E-state index in [-0.39, 0.29) is 24.5 Å². The third-order valence-corrected chi connectivity index (χ3v) is 4.58. The predicted octanol–water partition coefficient (Wildman–Crippen LogP) is 2.95. The van der Waals surface area contributed by atoms with Gasteiger partial charge in [0.05, 0.1) is 0 Å². The fourth-order valence-electron chi connectivity index (χ4n) is 2.99. The number of carbonyl (C=O) groups excluding carboxylic acids is 2. The lowest BCUT2D eigenvalue weighted by Gasteiger charge is -2.12. The molecule has 24 heavy (non-hydrogen) atoms. The minimum Gasteiger partial charge on any atom is -0.456 e. The highest BCUT2D eigenvalue weighted by atomic mass is 16.5. The Labute approximate surface area is 141 Å². The second-order valence-electron chi connectivity index (χ2n) is 6.57. The molecule has 1 aromatic carbocycles. The van der Waals surface area contributed by atoms with Crippen LogP contribution in [0, 0.1) is 5.92 Å². The van der Waals surface area contributed by atoms with Crippen LogP contribution < -0.4 is 5.32 Å². The Bertz CT molecular complexity index is 718. The van der Waals surface area contributed by atoms with E-state index in [1.54, 1.807) is 0 Å². The molecule has 1 aromatic heterocycles. The maximum Gasteiger partial charge on any atom is 0.306 e. The van der Waals surface area contributed by atoms with Crippen molar-refractivity contribution in [1.29, 1.82) is 0 Å².